The van der Waals surface area contributed by atoms with Crippen LogP contribution in [0.15, 0.2) is 75.9 Å². The molecule has 6 rings (SSSR count). The van der Waals surface area contributed by atoms with Gasteiger partial charge in [-0.3, -0.25) is 14.0 Å². The Labute approximate surface area is 281 Å². The monoisotopic (exact) mass is 709 g/mol. The number of carbonyl (C=O) groups excluding carboxylic acids is 2. The highest BCUT2D eigenvalue weighted by atomic mass is 79.9. The Kier molecular flexibility index (Phi) is 13.7. The number of furan rings is 1. The summed E-state index contributed by atoms with van der Waals surface area (Å²) in [6.45, 7) is 1.71. The highest BCUT2D eigenvalue weighted by Gasteiger charge is 2.23. The summed E-state index contributed by atoms with van der Waals surface area (Å²) in [5, 5.41) is 10.4. The van der Waals surface area contributed by atoms with Crippen LogP contribution in [0.5, 0.6) is 0 Å². The number of halogens is 2. The van der Waals surface area contributed by atoms with Crippen LogP contribution in [0.2, 0.25) is 0 Å². The molecule has 5 aromatic rings. The van der Waals surface area contributed by atoms with Crippen molar-refractivity contribution in [1.82, 2.24) is 19.6 Å². The molecular formula is C34H37BrFN5O4S. The SMILES string of the molecule is C#C.CNC(=O)c1c(-c2ccc(F)cc2)oc2cc(N(C)SC)ccc12.CO.O=C(c1cn2c(Br)cccc2n1)N1CCCCC1. The number of pyridine rings is 1. The number of hydrogen-bond acceptors (Lipinski definition) is 7. The van der Waals surface area contributed by atoms with Gasteiger partial charge in [0.2, 0.25) is 0 Å². The van der Waals surface area contributed by atoms with Gasteiger partial charge in [0.1, 0.15) is 28.5 Å². The predicted molar refractivity (Wildman–Crippen MR) is 188 cm³/mol. The second-order valence-electron chi connectivity index (χ2n) is 9.81. The number of aliphatic hydroxyl groups is 1. The van der Waals surface area contributed by atoms with Gasteiger partial charge in [-0.05, 0) is 83.7 Å². The Morgan fingerprint density at radius 2 is 1.74 bits per heavy atom. The first-order valence-corrected chi connectivity index (χ1v) is 16.3. The van der Waals surface area contributed by atoms with Gasteiger partial charge in [0.25, 0.3) is 11.8 Å². The lowest BCUT2D eigenvalue weighted by Gasteiger charge is -2.25. The average molecular weight is 711 g/mol. The number of nitrogens with one attached hydrogen (secondary N) is 1. The van der Waals surface area contributed by atoms with Crippen LogP contribution in [0, 0.1) is 18.7 Å². The fourth-order valence-corrected chi connectivity index (χ4v) is 5.64. The number of aliphatic hydroxyl groups excluding tert-OH is 1. The van der Waals surface area contributed by atoms with E-state index in [0.29, 0.717) is 28.2 Å². The van der Waals surface area contributed by atoms with Gasteiger partial charge < -0.3 is 24.0 Å². The number of piperidine rings is 1. The lowest BCUT2D eigenvalue weighted by Crippen LogP contribution is -2.35. The fraction of sp³-hybridized carbons (Fsp3) is 0.265. The Morgan fingerprint density at radius 1 is 1.07 bits per heavy atom. The summed E-state index contributed by atoms with van der Waals surface area (Å²) in [6.07, 6.45) is 15.2. The molecule has 12 heteroatoms. The smallest absolute Gasteiger partial charge is 0.274 e. The minimum atomic E-state index is -0.333. The van der Waals surface area contributed by atoms with Crippen molar-refractivity contribution in [3.8, 4) is 24.2 Å². The first-order chi connectivity index (χ1) is 22.3. The second-order valence-corrected chi connectivity index (χ2v) is 11.5. The summed E-state index contributed by atoms with van der Waals surface area (Å²) in [4.78, 5) is 31.0. The van der Waals surface area contributed by atoms with E-state index in [1.54, 1.807) is 37.3 Å². The molecule has 46 heavy (non-hydrogen) atoms. The summed E-state index contributed by atoms with van der Waals surface area (Å²) < 4.78 is 24.0. The van der Waals surface area contributed by atoms with Crippen molar-refractivity contribution in [2.45, 2.75) is 19.3 Å². The maximum Gasteiger partial charge on any atom is 0.274 e. The largest absolute Gasteiger partial charge is 0.455 e. The van der Waals surface area contributed by atoms with Gasteiger partial charge in [-0.1, -0.05) is 18.0 Å². The Morgan fingerprint density at radius 3 is 2.35 bits per heavy atom. The van der Waals surface area contributed by atoms with Crippen LogP contribution >= 0.6 is 27.9 Å². The predicted octanol–water partition coefficient (Wildman–Crippen LogP) is 6.89. The molecule has 0 unspecified atom stereocenters. The molecule has 0 saturated carbocycles. The molecule has 242 valence electrons. The number of carbonyl (C=O) groups is 2. The Balaban J connectivity index is 0.000000233. The molecule has 0 bridgehead atoms. The summed E-state index contributed by atoms with van der Waals surface area (Å²) >= 11 is 5.03. The van der Waals surface area contributed by atoms with Crippen molar-refractivity contribution < 1.29 is 23.5 Å². The summed E-state index contributed by atoms with van der Waals surface area (Å²) in [6, 6.07) is 17.4. The number of amides is 2. The number of hydrogen-bond donors (Lipinski definition) is 2. The number of nitrogens with zero attached hydrogens (tertiary/aromatic N) is 4. The van der Waals surface area contributed by atoms with E-state index in [-0.39, 0.29) is 17.6 Å². The fourth-order valence-electron chi connectivity index (χ4n) is 4.88. The molecule has 1 saturated heterocycles. The zero-order chi connectivity index (χ0) is 33.8. The average Bonchev–Trinajstić information content (AvgIpc) is 3.73. The van der Waals surface area contributed by atoms with Gasteiger partial charge >= 0.3 is 0 Å². The third kappa shape index (κ3) is 8.28. The van der Waals surface area contributed by atoms with Gasteiger partial charge in [0.05, 0.1) is 15.9 Å². The molecule has 1 aliphatic rings. The highest BCUT2D eigenvalue weighted by Crippen LogP contribution is 2.36. The van der Waals surface area contributed by atoms with Gasteiger partial charge in [-0.25, -0.2) is 9.37 Å². The number of imidazole rings is 1. The summed E-state index contributed by atoms with van der Waals surface area (Å²) in [5.74, 6) is -0.0853. The molecule has 2 aromatic carbocycles. The summed E-state index contributed by atoms with van der Waals surface area (Å²) in [5.41, 5.74) is 4.03. The van der Waals surface area contributed by atoms with E-state index in [1.165, 1.54) is 18.6 Å². The van der Waals surface area contributed by atoms with E-state index in [1.807, 2.05) is 63.3 Å². The zero-order valence-corrected chi connectivity index (χ0v) is 28.6. The van der Waals surface area contributed by atoms with Crippen molar-refractivity contribution in [1.29, 1.82) is 0 Å². The third-order valence-electron chi connectivity index (χ3n) is 7.18. The molecule has 0 radical (unpaired) electrons. The van der Waals surface area contributed by atoms with Crippen molar-refractivity contribution in [3.05, 3.63) is 88.5 Å². The Hall–Kier alpha value is -4.31. The van der Waals surface area contributed by atoms with Crippen molar-refractivity contribution in [2.24, 2.45) is 0 Å². The van der Waals surface area contributed by atoms with Crippen LogP contribution in [0.4, 0.5) is 10.1 Å². The van der Waals surface area contributed by atoms with Gasteiger partial charge in [-0.2, -0.15) is 0 Å². The van der Waals surface area contributed by atoms with E-state index in [0.717, 1.165) is 54.4 Å². The first-order valence-electron chi connectivity index (χ1n) is 14.3. The van der Waals surface area contributed by atoms with Crippen LogP contribution in [0.25, 0.3) is 27.9 Å². The van der Waals surface area contributed by atoms with Crippen LogP contribution < -0.4 is 9.62 Å². The molecule has 0 spiro atoms. The molecule has 3 aromatic heterocycles. The minimum absolute atomic E-state index is 0.0466. The molecule has 1 aliphatic heterocycles. The van der Waals surface area contributed by atoms with E-state index < -0.39 is 0 Å². The quantitative estimate of drug-likeness (QED) is 0.116. The van der Waals surface area contributed by atoms with E-state index in [9.17, 15) is 14.0 Å². The molecule has 0 atom stereocenters. The van der Waals surface area contributed by atoms with Crippen LogP contribution in [-0.2, 0) is 0 Å². The zero-order valence-electron chi connectivity index (χ0n) is 26.2. The number of likely N-dealkylation sites (tertiary alicyclic amines) is 1. The molecule has 9 nitrogen and oxygen atoms in total. The topological polar surface area (TPSA) is 103 Å². The van der Waals surface area contributed by atoms with Gasteiger partial charge in [-0.15, -0.1) is 12.8 Å². The molecule has 2 N–H and O–H groups in total. The van der Waals surface area contributed by atoms with Gasteiger partial charge in [0, 0.05) is 63.8 Å². The van der Waals surface area contributed by atoms with E-state index in [4.69, 9.17) is 9.52 Å². The molecular weight excluding hydrogens is 673 g/mol. The number of anilines is 1. The van der Waals surface area contributed by atoms with E-state index in [2.05, 4.69) is 39.1 Å². The van der Waals surface area contributed by atoms with Crippen molar-refractivity contribution >= 4 is 62.0 Å². The van der Waals surface area contributed by atoms with Crippen molar-refractivity contribution in [2.75, 3.05) is 44.9 Å². The van der Waals surface area contributed by atoms with Crippen LogP contribution in [0.3, 0.4) is 0 Å². The number of aromatic nitrogens is 2. The normalized spacial score (nSPS) is 12.2. The lowest BCUT2D eigenvalue weighted by molar-refractivity contribution is 0.0719. The van der Waals surface area contributed by atoms with Crippen LogP contribution in [-0.4, -0.2) is 71.8 Å². The van der Waals surface area contributed by atoms with Gasteiger partial charge in [0.15, 0.2) is 0 Å². The van der Waals surface area contributed by atoms with Crippen molar-refractivity contribution in [3.63, 3.8) is 0 Å². The molecule has 0 aliphatic carbocycles. The lowest BCUT2D eigenvalue weighted by atomic mass is 10.0. The number of benzene rings is 2. The Bertz CT molecular complexity index is 1780. The number of rotatable bonds is 5. The second kappa shape index (κ2) is 17.4. The molecule has 1 fully saturated rings. The summed E-state index contributed by atoms with van der Waals surface area (Å²) in [7, 11) is 4.53. The maximum atomic E-state index is 13.2. The standard InChI is InChI=1S/C18H17FN2O2S.C13H14BrN3O.C2H2.CH4O/c1-20-18(22)16-14-9-8-13(21(2)24-3)10-15(14)23-17(16)11-4-6-12(19)7-5-11;14-11-5-4-6-12-15-10(9-17(11)12)13(18)16-7-2-1-3-8-16;2*1-2/h4-10H,1-3H3,(H,20,22);4-6,9H,1-3,7-8H2;1-2H;2H,1H3. The van der Waals surface area contributed by atoms with Crippen LogP contribution in [0.1, 0.15) is 40.1 Å². The maximum absolute atomic E-state index is 13.2. The number of terminal acetylenes is 1. The number of fused-ring (bicyclic) bond motifs is 2. The molecule has 4 heterocycles. The highest BCUT2D eigenvalue weighted by molar-refractivity contribution is 9.10. The third-order valence-corrected chi connectivity index (χ3v) is 8.58. The minimum Gasteiger partial charge on any atom is -0.455 e. The molecule has 2 amide bonds. The van der Waals surface area contributed by atoms with E-state index >= 15 is 0 Å². The first kappa shape index (κ1) is 36.2.